The van der Waals surface area contributed by atoms with Crippen molar-refractivity contribution in [1.29, 1.82) is 5.41 Å². The van der Waals surface area contributed by atoms with Crippen LogP contribution in [0.5, 0.6) is 5.75 Å². The van der Waals surface area contributed by atoms with E-state index in [1.165, 1.54) is 12.1 Å². The number of hydrogen-bond acceptors (Lipinski definition) is 6. The SMILES string of the molecule is N=C(N)c1ccc2cc(OC(=O)c3ccc(CNC(=O)/C=C\C(=O)O)o3)ccc2c1. The van der Waals surface area contributed by atoms with E-state index in [0.29, 0.717) is 23.1 Å². The number of nitrogens with one attached hydrogen (secondary N) is 2. The Morgan fingerprint density at radius 1 is 1.07 bits per heavy atom. The number of carbonyl (C=O) groups is 3. The van der Waals surface area contributed by atoms with E-state index in [1.54, 1.807) is 36.4 Å². The first kappa shape index (κ1) is 20.3. The van der Waals surface area contributed by atoms with Gasteiger partial charge in [-0.2, -0.15) is 0 Å². The lowest BCUT2D eigenvalue weighted by Gasteiger charge is -2.06. The summed E-state index contributed by atoms with van der Waals surface area (Å²) in [5, 5.41) is 20.0. The normalized spacial score (nSPS) is 10.8. The van der Waals surface area contributed by atoms with E-state index in [-0.39, 0.29) is 18.1 Å². The zero-order valence-corrected chi connectivity index (χ0v) is 15.5. The molecule has 0 unspecified atom stereocenters. The molecule has 9 nitrogen and oxygen atoms in total. The summed E-state index contributed by atoms with van der Waals surface area (Å²) in [5.74, 6) is -2.02. The lowest BCUT2D eigenvalue weighted by molar-refractivity contribution is -0.131. The van der Waals surface area contributed by atoms with E-state index < -0.39 is 17.8 Å². The molecule has 0 saturated heterocycles. The summed E-state index contributed by atoms with van der Waals surface area (Å²) in [5.41, 5.74) is 6.08. The Morgan fingerprint density at radius 2 is 1.80 bits per heavy atom. The van der Waals surface area contributed by atoms with Gasteiger partial charge in [0.05, 0.1) is 6.54 Å². The van der Waals surface area contributed by atoms with Crippen LogP contribution in [0.4, 0.5) is 0 Å². The Labute approximate surface area is 170 Å². The number of nitrogens with two attached hydrogens (primary N) is 1. The van der Waals surface area contributed by atoms with Gasteiger partial charge in [0.15, 0.2) is 0 Å². The van der Waals surface area contributed by atoms with Crippen LogP contribution in [-0.2, 0) is 16.1 Å². The summed E-state index contributed by atoms with van der Waals surface area (Å²) in [7, 11) is 0. The lowest BCUT2D eigenvalue weighted by Crippen LogP contribution is -2.20. The third kappa shape index (κ3) is 5.10. The maximum absolute atomic E-state index is 12.3. The molecule has 0 saturated carbocycles. The molecule has 1 aromatic heterocycles. The molecule has 30 heavy (non-hydrogen) atoms. The predicted molar refractivity (Wildman–Crippen MR) is 107 cm³/mol. The molecule has 152 valence electrons. The number of rotatable bonds is 7. The van der Waals surface area contributed by atoms with Gasteiger partial charge in [-0.05, 0) is 41.1 Å². The molecule has 3 rings (SSSR count). The summed E-state index contributed by atoms with van der Waals surface area (Å²) in [4.78, 5) is 34.1. The number of esters is 1. The number of fused-ring (bicyclic) bond motifs is 1. The van der Waals surface area contributed by atoms with E-state index in [0.717, 1.165) is 16.8 Å². The number of ether oxygens (including phenoxy) is 1. The van der Waals surface area contributed by atoms with Crippen LogP contribution in [0.2, 0.25) is 0 Å². The molecule has 2 aromatic carbocycles. The highest BCUT2D eigenvalue weighted by molar-refractivity contribution is 5.99. The van der Waals surface area contributed by atoms with Gasteiger partial charge in [-0.25, -0.2) is 9.59 Å². The van der Waals surface area contributed by atoms with E-state index in [4.69, 9.17) is 25.4 Å². The Morgan fingerprint density at radius 3 is 2.53 bits per heavy atom. The molecule has 5 N–H and O–H groups in total. The fraction of sp³-hybridized carbons (Fsp3) is 0.0476. The summed E-state index contributed by atoms with van der Waals surface area (Å²) in [6.45, 7) is -0.0233. The number of carboxylic acids is 1. The van der Waals surface area contributed by atoms with Crippen molar-refractivity contribution in [3.05, 3.63) is 77.8 Å². The van der Waals surface area contributed by atoms with Crippen LogP contribution >= 0.6 is 0 Å². The molecule has 0 radical (unpaired) electrons. The average Bonchev–Trinajstić information content (AvgIpc) is 3.19. The highest BCUT2D eigenvalue weighted by Crippen LogP contribution is 2.23. The van der Waals surface area contributed by atoms with Crippen LogP contribution in [0.25, 0.3) is 10.8 Å². The van der Waals surface area contributed by atoms with Crippen LogP contribution < -0.4 is 15.8 Å². The van der Waals surface area contributed by atoms with Crippen molar-refractivity contribution in [3.8, 4) is 5.75 Å². The monoisotopic (exact) mass is 407 g/mol. The van der Waals surface area contributed by atoms with Crippen molar-refractivity contribution in [2.75, 3.05) is 0 Å². The van der Waals surface area contributed by atoms with Crippen molar-refractivity contribution < 1.29 is 28.6 Å². The Balaban J connectivity index is 1.63. The van der Waals surface area contributed by atoms with Gasteiger partial charge in [0.1, 0.15) is 17.3 Å². The number of aliphatic carboxylic acids is 1. The lowest BCUT2D eigenvalue weighted by atomic mass is 10.1. The van der Waals surface area contributed by atoms with Gasteiger partial charge in [0.25, 0.3) is 0 Å². The molecule has 0 aliphatic carbocycles. The van der Waals surface area contributed by atoms with E-state index in [1.807, 2.05) is 0 Å². The van der Waals surface area contributed by atoms with Gasteiger partial charge < -0.3 is 25.3 Å². The molecule has 0 bridgehead atoms. The van der Waals surface area contributed by atoms with Crippen LogP contribution in [0.1, 0.15) is 21.9 Å². The molecule has 1 amide bonds. The quantitative estimate of drug-likeness (QED) is 0.154. The third-order valence-corrected chi connectivity index (χ3v) is 4.01. The second-order valence-electron chi connectivity index (χ2n) is 6.18. The maximum Gasteiger partial charge on any atom is 0.379 e. The summed E-state index contributed by atoms with van der Waals surface area (Å²) in [6, 6.07) is 13.2. The maximum atomic E-state index is 12.3. The number of hydrogen-bond donors (Lipinski definition) is 4. The van der Waals surface area contributed by atoms with E-state index in [2.05, 4.69) is 5.32 Å². The molecule has 9 heteroatoms. The first-order valence-electron chi connectivity index (χ1n) is 8.70. The average molecular weight is 407 g/mol. The van der Waals surface area contributed by atoms with Gasteiger partial charge in [-0.3, -0.25) is 10.2 Å². The third-order valence-electron chi connectivity index (χ3n) is 4.01. The van der Waals surface area contributed by atoms with Crippen molar-refractivity contribution in [3.63, 3.8) is 0 Å². The summed E-state index contributed by atoms with van der Waals surface area (Å²) < 4.78 is 10.7. The molecule has 0 fully saturated rings. The Hall–Kier alpha value is -4.40. The Kier molecular flexibility index (Phi) is 5.92. The topological polar surface area (TPSA) is 156 Å². The molecule has 1 heterocycles. The van der Waals surface area contributed by atoms with Crippen molar-refractivity contribution in [2.24, 2.45) is 5.73 Å². The second-order valence-corrected chi connectivity index (χ2v) is 6.18. The minimum Gasteiger partial charge on any atom is -0.478 e. The minimum absolute atomic E-state index is 0.0233. The zero-order valence-electron chi connectivity index (χ0n) is 15.5. The van der Waals surface area contributed by atoms with Crippen molar-refractivity contribution >= 4 is 34.5 Å². The molecule has 3 aromatic rings. The number of carboxylic acid groups (broad SMARTS) is 1. The Bertz CT molecular complexity index is 1180. The first-order chi connectivity index (χ1) is 14.3. The largest absolute Gasteiger partial charge is 0.478 e. The minimum atomic E-state index is -1.24. The van der Waals surface area contributed by atoms with Gasteiger partial charge >= 0.3 is 11.9 Å². The second kappa shape index (κ2) is 8.74. The first-order valence-corrected chi connectivity index (χ1v) is 8.70. The van der Waals surface area contributed by atoms with Crippen LogP contribution in [0.15, 0.2) is 65.1 Å². The standard InChI is InChI=1S/C21H17N3O6/c22-20(23)14-2-1-13-10-15(4-3-12(13)9-14)30-21(28)17-6-5-16(29-17)11-24-18(25)7-8-19(26)27/h1-10H,11H2,(H3,22,23)(H,24,25)(H,26,27)/b8-7-. The fourth-order valence-corrected chi connectivity index (χ4v) is 2.57. The summed E-state index contributed by atoms with van der Waals surface area (Å²) >= 11 is 0. The molecule has 0 aliphatic rings. The smallest absolute Gasteiger partial charge is 0.379 e. The number of amidine groups is 1. The number of carbonyl (C=O) groups excluding carboxylic acids is 2. The molecular weight excluding hydrogens is 390 g/mol. The van der Waals surface area contributed by atoms with Crippen molar-refractivity contribution in [1.82, 2.24) is 5.32 Å². The molecule has 0 spiro atoms. The number of benzene rings is 2. The highest BCUT2D eigenvalue weighted by Gasteiger charge is 2.14. The van der Waals surface area contributed by atoms with Gasteiger partial charge in [0, 0.05) is 17.7 Å². The van der Waals surface area contributed by atoms with E-state index >= 15 is 0 Å². The van der Waals surface area contributed by atoms with Crippen LogP contribution in [-0.4, -0.2) is 28.8 Å². The van der Waals surface area contributed by atoms with Crippen molar-refractivity contribution in [2.45, 2.75) is 6.54 Å². The van der Waals surface area contributed by atoms with Gasteiger partial charge in [-0.15, -0.1) is 0 Å². The van der Waals surface area contributed by atoms with Crippen LogP contribution in [0, 0.1) is 5.41 Å². The molecular formula is C21H17N3O6. The number of furan rings is 1. The zero-order chi connectivity index (χ0) is 21.7. The number of amides is 1. The molecule has 0 atom stereocenters. The van der Waals surface area contributed by atoms with E-state index in [9.17, 15) is 14.4 Å². The fourth-order valence-electron chi connectivity index (χ4n) is 2.57. The summed E-state index contributed by atoms with van der Waals surface area (Å²) in [6.07, 6.45) is 1.59. The van der Waals surface area contributed by atoms with Gasteiger partial charge in [-0.1, -0.05) is 18.2 Å². The number of nitrogen functional groups attached to an aromatic ring is 1. The predicted octanol–water partition coefficient (Wildman–Crippen LogP) is 2.19. The van der Waals surface area contributed by atoms with Gasteiger partial charge in [0.2, 0.25) is 11.7 Å². The highest BCUT2D eigenvalue weighted by atomic mass is 16.5. The molecule has 0 aliphatic heterocycles. The van der Waals surface area contributed by atoms with Crippen LogP contribution in [0.3, 0.4) is 0 Å².